The number of nitrogens with zero attached hydrogens (tertiary/aromatic N) is 1. The van der Waals surface area contributed by atoms with Crippen LogP contribution in [-0.2, 0) is 19.1 Å². The molecule has 90 valence electrons. The van der Waals surface area contributed by atoms with E-state index in [1.54, 1.807) is 13.8 Å². The highest BCUT2D eigenvalue weighted by Gasteiger charge is 2.26. The normalized spacial score (nSPS) is 15.5. The van der Waals surface area contributed by atoms with Gasteiger partial charge >= 0.3 is 5.97 Å². The molecule has 1 saturated carbocycles. The standard InChI is InChI=1S/C10H16N2O4/c1-3-14-9(11)8(10(13)15-4-2)12-16-7-5-6-7/h7,11H,3-6H2,1-2H3. The Kier molecular flexibility index (Phi) is 4.75. The van der Waals surface area contributed by atoms with Crippen LogP contribution in [0.2, 0.25) is 0 Å². The van der Waals surface area contributed by atoms with Gasteiger partial charge in [-0.1, -0.05) is 5.16 Å². The Hall–Kier alpha value is -1.59. The predicted molar refractivity (Wildman–Crippen MR) is 57.5 cm³/mol. The number of ether oxygens (including phenoxy) is 2. The molecule has 0 aromatic carbocycles. The third-order valence-electron chi connectivity index (χ3n) is 1.79. The number of hydrogen-bond donors (Lipinski definition) is 1. The van der Waals surface area contributed by atoms with Gasteiger partial charge in [-0.05, 0) is 26.7 Å². The van der Waals surface area contributed by atoms with Gasteiger partial charge in [-0.25, -0.2) is 4.79 Å². The minimum Gasteiger partial charge on any atom is -0.477 e. The molecule has 1 rings (SSSR count). The van der Waals surface area contributed by atoms with Crippen molar-refractivity contribution in [3.8, 4) is 0 Å². The van der Waals surface area contributed by atoms with Crippen molar-refractivity contribution >= 4 is 17.6 Å². The maximum atomic E-state index is 11.4. The monoisotopic (exact) mass is 228 g/mol. The first-order chi connectivity index (χ1) is 7.69. The molecule has 0 saturated heterocycles. The van der Waals surface area contributed by atoms with E-state index in [0.29, 0.717) is 6.61 Å². The van der Waals surface area contributed by atoms with Crippen molar-refractivity contribution < 1.29 is 19.1 Å². The van der Waals surface area contributed by atoms with Crippen LogP contribution in [-0.4, -0.2) is 36.9 Å². The van der Waals surface area contributed by atoms with E-state index < -0.39 is 5.97 Å². The third-order valence-corrected chi connectivity index (χ3v) is 1.79. The molecule has 0 unspecified atom stereocenters. The van der Waals surface area contributed by atoms with Gasteiger partial charge in [0.25, 0.3) is 0 Å². The van der Waals surface area contributed by atoms with E-state index in [9.17, 15) is 4.79 Å². The van der Waals surface area contributed by atoms with Gasteiger partial charge in [-0.2, -0.15) is 0 Å². The number of carbonyl (C=O) groups excluding carboxylic acids is 1. The fourth-order valence-electron chi connectivity index (χ4n) is 0.884. The molecular formula is C10H16N2O4. The minimum absolute atomic E-state index is 0.0684. The fraction of sp³-hybridized carbons (Fsp3) is 0.700. The average Bonchev–Trinajstić information content (AvgIpc) is 3.02. The maximum absolute atomic E-state index is 11.4. The zero-order chi connectivity index (χ0) is 12.0. The van der Waals surface area contributed by atoms with Gasteiger partial charge in [0.2, 0.25) is 11.6 Å². The van der Waals surface area contributed by atoms with Crippen LogP contribution in [0.25, 0.3) is 0 Å². The predicted octanol–water partition coefficient (Wildman–Crippen LogP) is 1.10. The Labute approximate surface area is 94.1 Å². The summed E-state index contributed by atoms with van der Waals surface area (Å²) in [6.07, 6.45) is 1.93. The molecule has 6 nitrogen and oxygen atoms in total. The van der Waals surface area contributed by atoms with E-state index in [0.717, 1.165) is 12.8 Å². The Morgan fingerprint density at radius 1 is 1.31 bits per heavy atom. The maximum Gasteiger partial charge on any atom is 0.366 e. The molecule has 0 aromatic heterocycles. The summed E-state index contributed by atoms with van der Waals surface area (Å²) < 4.78 is 9.65. The van der Waals surface area contributed by atoms with Gasteiger partial charge in [0.1, 0.15) is 6.10 Å². The molecule has 16 heavy (non-hydrogen) atoms. The Morgan fingerprint density at radius 3 is 2.44 bits per heavy atom. The summed E-state index contributed by atoms with van der Waals surface area (Å²) in [5.74, 6) is -1.01. The van der Waals surface area contributed by atoms with E-state index >= 15 is 0 Å². The zero-order valence-electron chi connectivity index (χ0n) is 9.49. The molecule has 1 N–H and O–H groups in total. The van der Waals surface area contributed by atoms with Crippen molar-refractivity contribution in [3.05, 3.63) is 0 Å². The Morgan fingerprint density at radius 2 is 1.94 bits per heavy atom. The molecule has 0 amide bonds. The molecule has 0 aromatic rings. The summed E-state index contributed by atoms with van der Waals surface area (Å²) in [5, 5.41) is 11.1. The van der Waals surface area contributed by atoms with Crippen molar-refractivity contribution in [1.29, 1.82) is 5.41 Å². The molecule has 1 fully saturated rings. The van der Waals surface area contributed by atoms with Gasteiger partial charge in [0.15, 0.2) is 0 Å². The molecular weight excluding hydrogens is 212 g/mol. The van der Waals surface area contributed by atoms with Crippen molar-refractivity contribution in [2.75, 3.05) is 13.2 Å². The highest BCUT2D eigenvalue weighted by Crippen LogP contribution is 2.23. The van der Waals surface area contributed by atoms with Crippen LogP contribution in [0, 0.1) is 5.41 Å². The fourth-order valence-corrected chi connectivity index (χ4v) is 0.884. The van der Waals surface area contributed by atoms with E-state index in [1.807, 2.05) is 0 Å². The summed E-state index contributed by atoms with van der Waals surface area (Å²) >= 11 is 0. The zero-order valence-corrected chi connectivity index (χ0v) is 9.49. The van der Waals surface area contributed by atoms with Crippen molar-refractivity contribution in [2.24, 2.45) is 5.16 Å². The first-order valence-corrected chi connectivity index (χ1v) is 5.31. The van der Waals surface area contributed by atoms with E-state index in [4.69, 9.17) is 19.7 Å². The molecule has 0 spiro atoms. The highest BCUT2D eigenvalue weighted by atomic mass is 16.6. The molecule has 1 aliphatic carbocycles. The number of esters is 1. The highest BCUT2D eigenvalue weighted by molar-refractivity contribution is 6.63. The Balaban J connectivity index is 2.61. The molecule has 0 aliphatic heterocycles. The third kappa shape index (κ3) is 3.88. The van der Waals surface area contributed by atoms with Crippen LogP contribution in [0.5, 0.6) is 0 Å². The van der Waals surface area contributed by atoms with E-state index in [1.165, 1.54) is 0 Å². The first-order valence-electron chi connectivity index (χ1n) is 5.31. The smallest absolute Gasteiger partial charge is 0.366 e. The van der Waals surface area contributed by atoms with Crippen LogP contribution < -0.4 is 0 Å². The average molecular weight is 228 g/mol. The lowest BCUT2D eigenvalue weighted by Crippen LogP contribution is -2.28. The molecule has 0 atom stereocenters. The lowest BCUT2D eigenvalue weighted by atomic mass is 10.4. The van der Waals surface area contributed by atoms with Gasteiger partial charge in [0.05, 0.1) is 13.2 Å². The molecule has 0 heterocycles. The second-order valence-corrected chi connectivity index (χ2v) is 3.23. The number of nitrogens with one attached hydrogen (secondary N) is 1. The molecule has 1 aliphatic rings. The van der Waals surface area contributed by atoms with Gasteiger partial charge in [-0.15, -0.1) is 0 Å². The van der Waals surface area contributed by atoms with Crippen LogP contribution >= 0.6 is 0 Å². The number of oxime groups is 1. The quantitative estimate of drug-likeness (QED) is 0.319. The number of carbonyl (C=O) groups is 1. The van der Waals surface area contributed by atoms with Crippen molar-refractivity contribution in [2.45, 2.75) is 32.8 Å². The Bertz CT molecular complexity index is 277. The molecule has 0 radical (unpaired) electrons. The van der Waals surface area contributed by atoms with Crippen LogP contribution in [0.1, 0.15) is 26.7 Å². The van der Waals surface area contributed by atoms with Gasteiger partial charge in [-0.3, -0.25) is 5.41 Å². The van der Waals surface area contributed by atoms with E-state index in [-0.39, 0.29) is 24.3 Å². The topological polar surface area (TPSA) is 81.0 Å². The molecule has 0 bridgehead atoms. The van der Waals surface area contributed by atoms with E-state index in [2.05, 4.69) is 5.16 Å². The lowest BCUT2D eigenvalue weighted by Gasteiger charge is -2.07. The summed E-state index contributed by atoms with van der Waals surface area (Å²) in [5.41, 5.74) is -0.212. The summed E-state index contributed by atoms with van der Waals surface area (Å²) in [7, 11) is 0. The van der Waals surface area contributed by atoms with Gasteiger partial charge in [0, 0.05) is 0 Å². The van der Waals surface area contributed by atoms with Crippen LogP contribution in [0.3, 0.4) is 0 Å². The number of hydrogen-bond acceptors (Lipinski definition) is 6. The minimum atomic E-state index is -0.693. The molecule has 6 heteroatoms. The van der Waals surface area contributed by atoms with Crippen LogP contribution in [0.15, 0.2) is 5.16 Å². The van der Waals surface area contributed by atoms with Gasteiger partial charge < -0.3 is 14.3 Å². The second kappa shape index (κ2) is 6.09. The summed E-state index contributed by atoms with van der Waals surface area (Å²) in [4.78, 5) is 16.5. The van der Waals surface area contributed by atoms with Crippen LogP contribution in [0.4, 0.5) is 0 Å². The van der Waals surface area contributed by atoms with Crippen molar-refractivity contribution in [3.63, 3.8) is 0 Å². The summed E-state index contributed by atoms with van der Waals surface area (Å²) in [6.45, 7) is 3.92. The second-order valence-electron chi connectivity index (χ2n) is 3.23. The SMILES string of the molecule is CCOC(=N)C(=NOC1CC1)C(=O)OCC. The largest absolute Gasteiger partial charge is 0.477 e. The number of rotatable bonds is 6. The lowest BCUT2D eigenvalue weighted by molar-refractivity contribution is -0.135. The van der Waals surface area contributed by atoms with Crippen molar-refractivity contribution in [1.82, 2.24) is 0 Å². The summed E-state index contributed by atoms with van der Waals surface area (Å²) in [6, 6.07) is 0. The first kappa shape index (κ1) is 12.5.